The number of carbonyl (C=O) groups excluding carboxylic acids is 1. The Morgan fingerprint density at radius 1 is 1.55 bits per heavy atom. The molecule has 0 radical (unpaired) electrons. The van der Waals surface area contributed by atoms with Crippen molar-refractivity contribution in [3.8, 4) is 5.75 Å². The molecule has 0 spiro atoms. The zero-order valence-corrected chi connectivity index (χ0v) is 13.2. The van der Waals surface area contributed by atoms with Gasteiger partial charge in [0.05, 0.1) is 11.6 Å². The first kappa shape index (κ1) is 17.1. The molecule has 0 aromatic heterocycles. The molecule has 1 heterocycles. The van der Waals surface area contributed by atoms with Crippen molar-refractivity contribution in [2.75, 3.05) is 25.0 Å². The van der Waals surface area contributed by atoms with E-state index in [1.807, 2.05) is 13.8 Å². The van der Waals surface area contributed by atoms with Crippen molar-refractivity contribution in [2.24, 2.45) is 11.8 Å². The van der Waals surface area contributed by atoms with Crippen LogP contribution < -0.4 is 15.4 Å². The van der Waals surface area contributed by atoms with Gasteiger partial charge in [0, 0.05) is 11.6 Å². The van der Waals surface area contributed by atoms with E-state index in [1.54, 1.807) is 18.2 Å². The van der Waals surface area contributed by atoms with Crippen LogP contribution in [0.3, 0.4) is 0 Å². The molecule has 1 aromatic carbocycles. The van der Waals surface area contributed by atoms with Gasteiger partial charge < -0.3 is 15.4 Å². The van der Waals surface area contributed by atoms with Crippen LogP contribution in [0.15, 0.2) is 18.2 Å². The summed E-state index contributed by atoms with van der Waals surface area (Å²) in [6.45, 7) is 6.26. The average Bonchev–Trinajstić information content (AvgIpc) is 2.30. The summed E-state index contributed by atoms with van der Waals surface area (Å²) in [5.74, 6) is 1.11. The second kappa shape index (κ2) is 7.72. The van der Waals surface area contributed by atoms with Gasteiger partial charge in [0.2, 0.25) is 5.91 Å². The first-order valence-corrected chi connectivity index (χ1v) is 6.93. The van der Waals surface area contributed by atoms with Crippen LogP contribution >= 0.6 is 24.0 Å². The molecule has 1 aliphatic heterocycles. The molecule has 1 amide bonds. The highest BCUT2D eigenvalue weighted by molar-refractivity contribution is 6.32. The lowest BCUT2D eigenvalue weighted by Gasteiger charge is -2.31. The number of anilines is 1. The highest BCUT2D eigenvalue weighted by atomic mass is 35.5. The smallest absolute Gasteiger partial charge is 0.227 e. The van der Waals surface area contributed by atoms with Crippen molar-refractivity contribution < 1.29 is 9.53 Å². The Kier molecular flexibility index (Phi) is 6.59. The number of halogens is 2. The molecule has 0 bridgehead atoms. The molecule has 2 N–H and O–H groups in total. The fourth-order valence-electron chi connectivity index (χ4n) is 1.99. The number of carbonyl (C=O) groups is 1. The quantitative estimate of drug-likeness (QED) is 0.877. The van der Waals surface area contributed by atoms with Crippen LogP contribution in [-0.2, 0) is 4.79 Å². The van der Waals surface area contributed by atoms with E-state index < -0.39 is 0 Å². The van der Waals surface area contributed by atoms with Gasteiger partial charge in [-0.3, -0.25) is 4.79 Å². The number of hydrogen-bond acceptors (Lipinski definition) is 3. The maximum absolute atomic E-state index is 12.1. The molecule has 2 rings (SSSR count). The zero-order valence-electron chi connectivity index (χ0n) is 11.6. The average molecular weight is 319 g/mol. The van der Waals surface area contributed by atoms with Gasteiger partial charge in [-0.2, -0.15) is 0 Å². The molecule has 4 nitrogen and oxygen atoms in total. The third kappa shape index (κ3) is 4.01. The van der Waals surface area contributed by atoms with Gasteiger partial charge >= 0.3 is 0 Å². The topological polar surface area (TPSA) is 50.4 Å². The molecule has 1 aromatic rings. The van der Waals surface area contributed by atoms with Crippen LogP contribution in [0.25, 0.3) is 0 Å². The number of hydrogen-bond donors (Lipinski definition) is 2. The van der Waals surface area contributed by atoms with Crippen LogP contribution in [0.2, 0.25) is 5.02 Å². The Balaban J connectivity index is 0.00000200. The van der Waals surface area contributed by atoms with Gasteiger partial charge in [-0.25, -0.2) is 0 Å². The lowest BCUT2D eigenvalue weighted by atomic mass is 9.88. The number of benzene rings is 1. The molecule has 6 heteroatoms. The zero-order chi connectivity index (χ0) is 13.8. The summed E-state index contributed by atoms with van der Waals surface area (Å²) in [6.07, 6.45) is 0. The minimum atomic E-state index is 0. The van der Waals surface area contributed by atoms with Crippen LogP contribution in [-0.4, -0.2) is 25.6 Å². The molecular formula is C14H20Cl2N2O2. The van der Waals surface area contributed by atoms with E-state index in [-0.39, 0.29) is 24.2 Å². The van der Waals surface area contributed by atoms with Crippen molar-refractivity contribution >= 4 is 35.6 Å². The summed E-state index contributed by atoms with van der Waals surface area (Å²) in [5, 5.41) is 6.58. The van der Waals surface area contributed by atoms with Crippen molar-refractivity contribution in [3.63, 3.8) is 0 Å². The Hall–Kier alpha value is -0.970. The second-order valence-electron chi connectivity index (χ2n) is 4.77. The molecule has 1 atom stereocenters. The lowest BCUT2D eigenvalue weighted by molar-refractivity contribution is -0.121. The predicted octanol–water partition coefficient (Wildman–Crippen LogP) is 2.95. The van der Waals surface area contributed by atoms with Crippen molar-refractivity contribution in [1.29, 1.82) is 0 Å². The van der Waals surface area contributed by atoms with Gasteiger partial charge in [0.1, 0.15) is 5.75 Å². The molecule has 0 aliphatic carbocycles. The monoisotopic (exact) mass is 318 g/mol. The summed E-state index contributed by atoms with van der Waals surface area (Å²) in [7, 11) is 0. The van der Waals surface area contributed by atoms with Gasteiger partial charge in [-0.05, 0) is 44.1 Å². The first-order valence-electron chi connectivity index (χ1n) is 6.55. The molecular weight excluding hydrogens is 299 g/mol. The van der Waals surface area contributed by atoms with Crippen LogP contribution in [0, 0.1) is 11.8 Å². The summed E-state index contributed by atoms with van der Waals surface area (Å²) in [4.78, 5) is 12.1. The number of rotatable bonds is 5. The van der Waals surface area contributed by atoms with E-state index >= 15 is 0 Å². The fourth-order valence-corrected chi connectivity index (χ4v) is 2.22. The highest BCUT2D eigenvalue weighted by Crippen LogP contribution is 2.28. The van der Waals surface area contributed by atoms with E-state index in [9.17, 15) is 4.79 Å². The first-order chi connectivity index (χ1) is 9.11. The Labute approximate surface area is 130 Å². The van der Waals surface area contributed by atoms with Gasteiger partial charge in [-0.1, -0.05) is 18.5 Å². The summed E-state index contributed by atoms with van der Waals surface area (Å²) in [5.41, 5.74) is 0.706. The Morgan fingerprint density at radius 3 is 2.75 bits per heavy atom. The van der Waals surface area contributed by atoms with E-state index in [1.165, 1.54) is 0 Å². The van der Waals surface area contributed by atoms with Crippen molar-refractivity contribution in [2.45, 2.75) is 13.8 Å². The molecule has 1 aliphatic rings. The molecule has 1 fully saturated rings. The standard InChI is InChI=1S/C14H19ClN2O2.ClH/c1-3-19-13-5-4-11(6-12(13)15)17-14(18)9(2)10-7-16-8-10;/h4-6,9-10,16H,3,7-8H2,1-2H3,(H,17,18);1H. The minimum Gasteiger partial charge on any atom is -0.492 e. The van der Waals surface area contributed by atoms with E-state index in [2.05, 4.69) is 10.6 Å². The predicted molar refractivity (Wildman–Crippen MR) is 84.0 cm³/mol. The second-order valence-corrected chi connectivity index (χ2v) is 5.18. The van der Waals surface area contributed by atoms with E-state index in [0.717, 1.165) is 13.1 Å². The molecule has 1 unspecified atom stereocenters. The van der Waals surface area contributed by atoms with E-state index in [0.29, 0.717) is 29.0 Å². The van der Waals surface area contributed by atoms with Gasteiger partial charge in [0.25, 0.3) is 0 Å². The molecule has 20 heavy (non-hydrogen) atoms. The Bertz CT molecular complexity index is 464. The summed E-state index contributed by atoms with van der Waals surface area (Å²) in [6, 6.07) is 5.30. The third-order valence-electron chi connectivity index (χ3n) is 3.43. The maximum Gasteiger partial charge on any atom is 0.227 e. The fraction of sp³-hybridized carbons (Fsp3) is 0.500. The lowest BCUT2D eigenvalue weighted by Crippen LogP contribution is -2.48. The highest BCUT2D eigenvalue weighted by Gasteiger charge is 2.28. The summed E-state index contributed by atoms with van der Waals surface area (Å²) < 4.78 is 5.36. The van der Waals surface area contributed by atoms with Gasteiger partial charge in [-0.15, -0.1) is 12.4 Å². The minimum absolute atomic E-state index is 0. The SMILES string of the molecule is CCOc1ccc(NC(=O)C(C)C2CNC2)cc1Cl.Cl. The summed E-state index contributed by atoms with van der Waals surface area (Å²) >= 11 is 6.09. The van der Waals surface area contributed by atoms with E-state index in [4.69, 9.17) is 16.3 Å². The largest absolute Gasteiger partial charge is 0.492 e. The van der Waals surface area contributed by atoms with Crippen LogP contribution in [0.5, 0.6) is 5.75 Å². The Morgan fingerprint density at radius 2 is 2.25 bits per heavy atom. The maximum atomic E-state index is 12.1. The normalized spacial score (nSPS) is 15.8. The van der Waals surface area contributed by atoms with Gasteiger partial charge in [0.15, 0.2) is 0 Å². The van der Waals surface area contributed by atoms with Crippen molar-refractivity contribution in [1.82, 2.24) is 5.32 Å². The molecule has 0 saturated carbocycles. The number of ether oxygens (including phenoxy) is 1. The number of amides is 1. The molecule has 112 valence electrons. The van der Waals surface area contributed by atoms with Crippen molar-refractivity contribution in [3.05, 3.63) is 23.2 Å². The number of nitrogens with one attached hydrogen (secondary N) is 2. The van der Waals surface area contributed by atoms with Crippen LogP contribution in [0.4, 0.5) is 5.69 Å². The van der Waals surface area contributed by atoms with Crippen LogP contribution in [0.1, 0.15) is 13.8 Å². The molecule has 1 saturated heterocycles. The third-order valence-corrected chi connectivity index (χ3v) is 3.73.